The Balaban J connectivity index is 1.57. The van der Waals surface area contributed by atoms with Crippen LogP contribution in [-0.4, -0.2) is 29.7 Å². The van der Waals surface area contributed by atoms with Crippen molar-refractivity contribution >= 4 is 45.4 Å². The molecule has 0 spiro atoms. The molecular weight excluding hydrogens is 468 g/mol. The molecule has 1 heterocycles. The highest BCUT2D eigenvalue weighted by atomic mass is 32.2. The highest BCUT2D eigenvalue weighted by Gasteiger charge is 2.34. The lowest BCUT2D eigenvalue weighted by Crippen LogP contribution is -2.28. The van der Waals surface area contributed by atoms with Crippen molar-refractivity contribution in [2.75, 3.05) is 13.7 Å². The smallest absolute Gasteiger partial charge is 0.267 e. The van der Waals surface area contributed by atoms with E-state index in [1.54, 1.807) is 12.0 Å². The van der Waals surface area contributed by atoms with Gasteiger partial charge in [0.15, 0.2) is 5.17 Å². The van der Waals surface area contributed by atoms with Crippen molar-refractivity contribution in [2.45, 2.75) is 13.5 Å². The van der Waals surface area contributed by atoms with Crippen LogP contribution in [0.1, 0.15) is 18.1 Å². The summed E-state index contributed by atoms with van der Waals surface area (Å²) >= 11 is 1.39. The van der Waals surface area contributed by atoms with E-state index in [0.717, 1.165) is 39.1 Å². The zero-order valence-corrected chi connectivity index (χ0v) is 21.0. The molecule has 1 aliphatic heterocycles. The summed E-state index contributed by atoms with van der Waals surface area (Å²) < 4.78 is 11.2. The fourth-order valence-corrected chi connectivity index (χ4v) is 5.07. The van der Waals surface area contributed by atoms with Crippen LogP contribution in [0.3, 0.4) is 0 Å². The lowest BCUT2D eigenvalue weighted by molar-refractivity contribution is -0.122. The molecule has 5 rings (SSSR count). The summed E-state index contributed by atoms with van der Waals surface area (Å²) in [5.41, 5.74) is 2.69. The lowest BCUT2D eigenvalue weighted by atomic mass is 10.0. The maximum absolute atomic E-state index is 13.7. The van der Waals surface area contributed by atoms with Crippen LogP contribution in [0.25, 0.3) is 16.8 Å². The molecule has 0 aromatic heterocycles. The Hall–Kier alpha value is -4.03. The van der Waals surface area contributed by atoms with Gasteiger partial charge in [-0.05, 0) is 71.4 Å². The molecule has 0 atom stereocenters. The maximum Gasteiger partial charge on any atom is 0.267 e. The zero-order chi connectivity index (χ0) is 24.9. The van der Waals surface area contributed by atoms with Gasteiger partial charge in [0.05, 0.1) is 30.9 Å². The minimum Gasteiger partial charge on any atom is -0.497 e. The Morgan fingerprint density at radius 2 is 1.67 bits per heavy atom. The van der Waals surface area contributed by atoms with Crippen LogP contribution in [0.4, 0.5) is 5.69 Å². The normalized spacial score (nSPS) is 15.7. The summed E-state index contributed by atoms with van der Waals surface area (Å²) in [6.07, 6.45) is 1.94. The molecule has 4 aromatic carbocycles. The Kier molecular flexibility index (Phi) is 7.05. The van der Waals surface area contributed by atoms with Gasteiger partial charge in [-0.2, -0.15) is 0 Å². The standard InChI is InChI=1S/C30H26N2O3S/c1-3-35-27-18-15-22-9-7-8-12-25(22)26(27)19-28-29(33)32(20-21-13-16-24(34-2)17-14-21)30(36-28)31-23-10-5-4-6-11-23/h4-19H,3,20H2,1-2H3/b28-19-,31-30?. The van der Waals surface area contributed by atoms with Gasteiger partial charge in [0.1, 0.15) is 11.5 Å². The highest BCUT2D eigenvalue weighted by molar-refractivity contribution is 8.18. The molecule has 6 heteroatoms. The fourth-order valence-electron chi connectivity index (χ4n) is 4.09. The number of nitrogens with zero attached hydrogens (tertiary/aromatic N) is 2. The van der Waals surface area contributed by atoms with Gasteiger partial charge in [-0.1, -0.05) is 60.7 Å². The molecule has 180 valence electrons. The SMILES string of the molecule is CCOc1ccc2ccccc2c1/C=C1\SC(=Nc2ccccc2)N(Cc2ccc(OC)cc2)C1=O. The lowest BCUT2D eigenvalue weighted by Gasteiger charge is -2.16. The molecule has 0 unspecified atom stereocenters. The number of hydrogen-bond acceptors (Lipinski definition) is 5. The predicted octanol–water partition coefficient (Wildman–Crippen LogP) is 7.05. The average Bonchev–Trinajstić information content (AvgIpc) is 3.20. The van der Waals surface area contributed by atoms with Gasteiger partial charge in [0.2, 0.25) is 0 Å². The Morgan fingerprint density at radius 1 is 0.917 bits per heavy atom. The van der Waals surface area contributed by atoms with Crippen LogP contribution in [0.2, 0.25) is 0 Å². The number of aliphatic imine (C=N–C) groups is 1. The molecule has 0 bridgehead atoms. The molecule has 1 aliphatic rings. The number of carbonyl (C=O) groups is 1. The van der Waals surface area contributed by atoms with E-state index in [0.29, 0.717) is 23.2 Å². The van der Waals surface area contributed by atoms with E-state index in [-0.39, 0.29) is 5.91 Å². The number of methoxy groups -OCH3 is 1. The second-order valence-corrected chi connectivity index (χ2v) is 9.22. The number of amidine groups is 1. The fraction of sp³-hybridized carbons (Fsp3) is 0.133. The summed E-state index contributed by atoms with van der Waals surface area (Å²) in [6.45, 7) is 2.91. The van der Waals surface area contributed by atoms with Gasteiger partial charge in [-0.3, -0.25) is 9.69 Å². The van der Waals surface area contributed by atoms with Crippen molar-refractivity contribution in [1.29, 1.82) is 0 Å². The number of fused-ring (bicyclic) bond motifs is 1. The first kappa shape index (κ1) is 23.7. The molecule has 0 N–H and O–H groups in total. The van der Waals surface area contributed by atoms with E-state index >= 15 is 0 Å². The minimum atomic E-state index is -0.0825. The molecule has 0 aliphatic carbocycles. The van der Waals surface area contributed by atoms with Crippen LogP contribution in [0, 0.1) is 0 Å². The number of thioether (sulfide) groups is 1. The number of para-hydroxylation sites is 1. The third-order valence-corrected chi connectivity index (χ3v) is 6.88. The van der Waals surface area contributed by atoms with Gasteiger partial charge in [0.25, 0.3) is 5.91 Å². The van der Waals surface area contributed by atoms with Crippen LogP contribution in [0.5, 0.6) is 11.5 Å². The van der Waals surface area contributed by atoms with Crippen molar-refractivity contribution in [2.24, 2.45) is 4.99 Å². The Morgan fingerprint density at radius 3 is 2.42 bits per heavy atom. The first-order chi connectivity index (χ1) is 17.7. The monoisotopic (exact) mass is 494 g/mol. The van der Waals surface area contributed by atoms with Crippen LogP contribution >= 0.6 is 11.8 Å². The van der Waals surface area contributed by atoms with E-state index in [1.165, 1.54) is 11.8 Å². The van der Waals surface area contributed by atoms with Crippen molar-refractivity contribution in [3.63, 3.8) is 0 Å². The summed E-state index contributed by atoms with van der Waals surface area (Å²) in [5, 5.41) is 2.78. The molecule has 36 heavy (non-hydrogen) atoms. The molecule has 1 amide bonds. The van der Waals surface area contributed by atoms with E-state index in [4.69, 9.17) is 14.5 Å². The largest absolute Gasteiger partial charge is 0.497 e. The van der Waals surface area contributed by atoms with Crippen LogP contribution in [-0.2, 0) is 11.3 Å². The second-order valence-electron chi connectivity index (χ2n) is 8.21. The predicted molar refractivity (Wildman–Crippen MR) is 148 cm³/mol. The van der Waals surface area contributed by atoms with Gasteiger partial charge >= 0.3 is 0 Å². The number of amides is 1. The summed E-state index contributed by atoms with van der Waals surface area (Å²) in [4.78, 5) is 20.9. The Labute approximate surface area is 215 Å². The second kappa shape index (κ2) is 10.7. The number of rotatable bonds is 7. The zero-order valence-electron chi connectivity index (χ0n) is 20.2. The van der Waals surface area contributed by atoms with Gasteiger partial charge in [-0.15, -0.1) is 0 Å². The molecule has 1 fully saturated rings. The van der Waals surface area contributed by atoms with E-state index in [1.807, 2.05) is 91.9 Å². The minimum absolute atomic E-state index is 0.0825. The van der Waals surface area contributed by atoms with Crippen molar-refractivity contribution < 1.29 is 14.3 Å². The highest BCUT2D eigenvalue weighted by Crippen LogP contribution is 2.38. The molecule has 4 aromatic rings. The number of hydrogen-bond donors (Lipinski definition) is 0. The van der Waals surface area contributed by atoms with Crippen molar-refractivity contribution in [3.05, 3.63) is 107 Å². The van der Waals surface area contributed by atoms with E-state index < -0.39 is 0 Å². The molecular formula is C30H26N2O3S. The van der Waals surface area contributed by atoms with Gasteiger partial charge in [-0.25, -0.2) is 4.99 Å². The number of ether oxygens (including phenoxy) is 2. The third kappa shape index (κ3) is 4.99. The first-order valence-corrected chi connectivity index (χ1v) is 12.6. The van der Waals surface area contributed by atoms with Crippen molar-refractivity contribution in [3.8, 4) is 11.5 Å². The van der Waals surface area contributed by atoms with Crippen LogP contribution in [0.15, 0.2) is 101 Å². The van der Waals surface area contributed by atoms with Crippen LogP contribution < -0.4 is 9.47 Å². The van der Waals surface area contributed by atoms with Gasteiger partial charge < -0.3 is 9.47 Å². The summed E-state index contributed by atoms with van der Waals surface area (Å²) in [7, 11) is 1.64. The average molecular weight is 495 g/mol. The van der Waals surface area contributed by atoms with E-state index in [9.17, 15) is 4.79 Å². The quantitative estimate of drug-likeness (QED) is 0.258. The topological polar surface area (TPSA) is 51.1 Å². The van der Waals surface area contributed by atoms with Gasteiger partial charge in [0, 0.05) is 5.56 Å². The molecule has 1 saturated heterocycles. The number of carbonyl (C=O) groups excluding carboxylic acids is 1. The number of benzene rings is 4. The third-order valence-electron chi connectivity index (χ3n) is 5.87. The molecule has 0 radical (unpaired) electrons. The van der Waals surface area contributed by atoms with E-state index in [2.05, 4.69) is 12.1 Å². The molecule has 0 saturated carbocycles. The Bertz CT molecular complexity index is 1450. The summed E-state index contributed by atoms with van der Waals surface area (Å²) in [6, 6.07) is 29.6. The first-order valence-electron chi connectivity index (χ1n) is 11.8. The maximum atomic E-state index is 13.7. The summed E-state index contributed by atoms with van der Waals surface area (Å²) in [5.74, 6) is 1.45. The molecule has 5 nitrogen and oxygen atoms in total. The van der Waals surface area contributed by atoms with Crippen molar-refractivity contribution in [1.82, 2.24) is 4.90 Å².